The first-order chi connectivity index (χ1) is 9.87. The molecule has 2 atom stereocenters. The van der Waals surface area contributed by atoms with Gasteiger partial charge in [-0.05, 0) is 23.5 Å². The molecule has 0 amide bonds. The summed E-state index contributed by atoms with van der Waals surface area (Å²) in [4.78, 5) is 4.20. The van der Waals surface area contributed by atoms with E-state index >= 15 is 0 Å². The minimum atomic E-state index is -2.98. The van der Waals surface area contributed by atoms with Crippen LogP contribution in [0.4, 0.5) is 0 Å². The van der Waals surface area contributed by atoms with E-state index in [1.54, 1.807) is 7.05 Å². The summed E-state index contributed by atoms with van der Waals surface area (Å²) in [6.07, 6.45) is 2.44. The van der Waals surface area contributed by atoms with Gasteiger partial charge in [-0.2, -0.15) is 0 Å². The van der Waals surface area contributed by atoms with Gasteiger partial charge < -0.3 is 10.6 Å². The molecule has 2 rings (SSSR count). The Labute approximate surface area is 149 Å². The van der Waals surface area contributed by atoms with Crippen molar-refractivity contribution in [3.05, 3.63) is 35.4 Å². The lowest BCUT2D eigenvalue weighted by molar-refractivity contribution is 0.601. The molecule has 0 spiro atoms. The van der Waals surface area contributed by atoms with Crippen LogP contribution in [0.3, 0.4) is 0 Å². The zero-order valence-corrected chi connectivity index (χ0v) is 16.3. The summed E-state index contributed by atoms with van der Waals surface area (Å²) in [5, 5.41) is 6.63. The Morgan fingerprint density at radius 1 is 1.27 bits per heavy atom. The van der Waals surface area contributed by atoms with Gasteiger partial charge in [-0.15, -0.1) is 24.0 Å². The average Bonchev–Trinajstić information content (AvgIpc) is 3.10. The molecule has 0 bridgehead atoms. The molecule has 0 saturated heterocycles. The van der Waals surface area contributed by atoms with Crippen molar-refractivity contribution in [2.24, 2.45) is 10.9 Å². The third kappa shape index (κ3) is 6.51. The first-order valence-corrected chi connectivity index (χ1v) is 9.16. The van der Waals surface area contributed by atoms with Crippen LogP contribution in [0.25, 0.3) is 0 Å². The summed E-state index contributed by atoms with van der Waals surface area (Å²) in [5.41, 5.74) is 1.91. The van der Waals surface area contributed by atoms with Crippen molar-refractivity contribution in [2.75, 3.05) is 13.3 Å². The highest BCUT2D eigenvalue weighted by molar-refractivity contribution is 14.0. The van der Waals surface area contributed by atoms with Crippen LogP contribution in [0.2, 0.25) is 0 Å². The third-order valence-corrected chi connectivity index (χ3v) is 4.42. The van der Waals surface area contributed by atoms with Crippen LogP contribution in [-0.4, -0.2) is 33.7 Å². The molecule has 1 aromatic rings. The van der Waals surface area contributed by atoms with Crippen LogP contribution in [0.5, 0.6) is 0 Å². The Kier molecular flexibility index (Phi) is 7.11. The van der Waals surface area contributed by atoms with Crippen molar-refractivity contribution in [3.8, 4) is 0 Å². The molecule has 0 aliphatic heterocycles. The van der Waals surface area contributed by atoms with Crippen LogP contribution in [-0.2, 0) is 22.1 Å². The van der Waals surface area contributed by atoms with Crippen LogP contribution >= 0.6 is 24.0 Å². The standard InChI is InChI=1S/C15H23N3O2S.HI/c1-11-8-14(11)18-15(16-2)17-9-12-4-6-13(7-5-12)10-21(3,19)20;/h4-7,11,14H,8-10H2,1-3H3,(H2,16,17,18);1H. The third-order valence-electron chi connectivity index (χ3n) is 3.57. The molecule has 0 aromatic heterocycles. The second-order valence-corrected chi connectivity index (χ2v) is 7.92. The quantitative estimate of drug-likeness (QED) is 0.420. The molecule has 1 saturated carbocycles. The van der Waals surface area contributed by atoms with E-state index in [0.29, 0.717) is 12.6 Å². The Balaban J connectivity index is 0.00000242. The fourth-order valence-electron chi connectivity index (χ4n) is 2.14. The maximum atomic E-state index is 11.2. The summed E-state index contributed by atoms with van der Waals surface area (Å²) in [6, 6.07) is 8.14. The van der Waals surface area contributed by atoms with Gasteiger partial charge in [0.2, 0.25) is 0 Å². The van der Waals surface area contributed by atoms with Crippen LogP contribution in [0.1, 0.15) is 24.5 Å². The summed E-state index contributed by atoms with van der Waals surface area (Å²) in [7, 11) is -1.21. The lowest BCUT2D eigenvalue weighted by Crippen LogP contribution is -2.38. The highest BCUT2D eigenvalue weighted by Crippen LogP contribution is 2.28. The number of nitrogens with zero attached hydrogens (tertiary/aromatic N) is 1. The van der Waals surface area contributed by atoms with Gasteiger partial charge >= 0.3 is 0 Å². The van der Waals surface area contributed by atoms with Crippen molar-refractivity contribution >= 4 is 39.8 Å². The van der Waals surface area contributed by atoms with Crippen molar-refractivity contribution in [3.63, 3.8) is 0 Å². The van der Waals surface area contributed by atoms with E-state index in [1.165, 1.54) is 12.7 Å². The number of guanidine groups is 1. The molecule has 0 radical (unpaired) electrons. The largest absolute Gasteiger partial charge is 0.353 e. The predicted octanol–water partition coefficient (Wildman–Crippen LogP) is 1.92. The molecule has 1 fully saturated rings. The minimum absolute atomic E-state index is 0. The van der Waals surface area contributed by atoms with Gasteiger partial charge in [0.25, 0.3) is 0 Å². The zero-order chi connectivity index (χ0) is 15.5. The summed E-state index contributed by atoms with van der Waals surface area (Å²) in [6.45, 7) is 2.88. The number of hydrogen-bond donors (Lipinski definition) is 2. The fraction of sp³-hybridized carbons (Fsp3) is 0.533. The first kappa shape index (κ1) is 19.2. The molecule has 2 unspecified atom stereocenters. The summed E-state index contributed by atoms with van der Waals surface area (Å²) < 4.78 is 22.5. The molecule has 124 valence electrons. The van der Waals surface area contributed by atoms with Crippen molar-refractivity contribution in [2.45, 2.75) is 31.7 Å². The van der Waals surface area contributed by atoms with Gasteiger partial charge in [0, 0.05) is 25.9 Å². The molecule has 7 heteroatoms. The second kappa shape index (κ2) is 8.14. The molecule has 1 aromatic carbocycles. The second-order valence-electron chi connectivity index (χ2n) is 5.78. The maximum Gasteiger partial charge on any atom is 0.191 e. The monoisotopic (exact) mass is 437 g/mol. The Morgan fingerprint density at radius 3 is 2.27 bits per heavy atom. The van der Waals surface area contributed by atoms with Crippen molar-refractivity contribution < 1.29 is 8.42 Å². The number of aliphatic imine (C=N–C) groups is 1. The van der Waals surface area contributed by atoms with Crippen LogP contribution < -0.4 is 10.6 Å². The SMILES string of the molecule is CN=C(NCc1ccc(CS(C)(=O)=O)cc1)NC1CC1C.I. The Bertz CT molecular complexity index is 614. The normalized spacial score (nSPS) is 21.0. The smallest absolute Gasteiger partial charge is 0.191 e. The number of benzene rings is 1. The highest BCUT2D eigenvalue weighted by Gasteiger charge is 2.33. The molecule has 2 N–H and O–H groups in total. The molecule has 5 nitrogen and oxygen atoms in total. The zero-order valence-electron chi connectivity index (χ0n) is 13.2. The van der Waals surface area contributed by atoms with Gasteiger partial charge in [-0.25, -0.2) is 8.42 Å². The van der Waals surface area contributed by atoms with E-state index in [0.717, 1.165) is 23.0 Å². The maximum absolute atomic E-state index is 11.2. The van der Waals surface area contributed by atoms with Crippen molar-refractivity contribution in [1.82, 2.24) is 10.6 Å². The number of halogens is 1. The molecule has 0 heterocycles. The first-order valence-electron chi connectivity index (χ1n) is 7.10. The lowest BCUT2D eigenvalue weighted by Gasteiger charge is -2.11. The number of hydrogen-bond acceptors (Lipinski definition) is 3. The highest BCUT2D eigenvalue weighted by atomic mass is 127. The van der Waals surface area contributed by atoms with Gasteiger partial charge in [0.05, 0.1) is 5.75 Å². The van der Waals surface area contributed by atoms with Gasteiger partial charge in [0.1, 0.15) is 0 Å². The van der Waals surface area contributed by atoms with Gasteiger partial charge in [0.15, 0.2) is 15.8 Å². The molecular weight excluding hydrogens is 413 g/mol. The topological polar surface area (TPSA) is 70.6 Å². The fourth-order valence-corrected chi connectivity index (χ4v) is 2.93. The van der Waals surface area contributed by atoms with Crippen LogP contribution in [0.15, 0.2) is 29.3 Å². The van der Waals surface area contributed by atoms with Gasteiger partial charge in [-0.3, -0.25) is 4.99 Å². The van der Waals surface area contributed by atoms with E-state index in [1.807, 2.05) is 24.3 Å². The van der Waals surface area contributed by atoms with Crippen LogP contribution in [0, 0.1) is 5.92 Å². The van der Waals surface area contributed by atoms with E-state index in [9.17, 15) is 8.42 Å². The average molecular weight is 437 g/mol. The minimum Gasteiger partial charge on any atom is -0.353 e. The number of nitrogens with one attached hydrogen (secondary N) is 2. The van der Waals surface area contributed by atoms with E-state index < -0.39 is 9.84 Å². The molecular formula is C15H24IN3O2S. The lowest BCUT2D eigenvalue weighted by atomic mass is 10.1. The Morgan fingerprint density at radius 2 is 1.82 bits per heavy atom. The number of rotatable bonds is 5. The predicted molar refractivity (Wildman–Crippen MR) is 101 cm³/mol. The molecule has 1 aliphatic rings. The molecule has 22 heavy (non-hydrogen) atoms. The van der Waals surface area contributed by atoms with E-state index in [-0.39, 0.29) is 29.7 Å². The Hall–Kier alpha value is -0.830. The van der Waals surface area contributed by atoms with E-state index in [2.05, 4.69) is 22.5 Å². The summed E-state index contributed by atoms with van der Waals surface area (Å²) >= 11 is 0. The molecule has 1 aliphatic carbocycles. The van der Waals surface area contributed by atoms with E-state index in [4.69, 9.17) is 0 Å². The number of sulfone groups is 1. The van der Waals surface area contributed by atoms with Crippen molar-refractivity contribution in [1.29, 1.82) is 0 Å². The summed E-state index contributed by atoms with van der Waals surface area (Å²) in [5.74, 6) is 1.62. The van der Waals surface area contributed by atoms with Gasteiger partial charge in [-0.1, -0.05) is 31.2 Å².